The molecule has 0 aliphatic heterocycles. The first-order valence-corrected chi connectivity index (χ1v) is 7.26. The van der Waals surface area contributed by atoms with Crippen molar-refractivity contribution in [3.8, 4) is 5.75 Å². The van der Waals surface area contributed by atoms with E-state index in [1.807, 2.05) is 0 Å². The maximum Gasteiger partial charge on any atom is 0.220 e. The molecule has 1 aromatic heterocycles. The predicted octanol–water partition coefficient (Wildman–Crippen LogP) is 2.01. The minimum absolute atomic E-state index is 0.105. The SMILES string of the molecule is COc1cccc(C(O)CNC(=O)CCc2cncc(F)c2)c1. The summed E-state index contributed by atoms with van der Waals surface area (Å²) in [5.74, 6) is 0.0130. The van der Waals surface area contributed by atoms with Crippen LogP contribution in [0, 0.1) is 5.82 Å². The van der Waals surface area contributed by atoms with Gasteiger partial charge in [-0.1, -0.05) is 12.1 Å². The van der Waals surface area contributed by atoms with Crippen molar-refractivity contribution in [2.45, 2.75) is 18.9 Å². The molecule has 0 saturated heterocycles. The van der Waals surface area contributed by atoms with Gasteiger partial charge in [0.05, 0.1) is 19.4 Å². The number of pyridine rings is 1. The molecule has 1 aromatic carbocycles. The van der Waals surface area contributed by atoms with Crippen LogP contribution in [-0.2, 0) is 11.2 Å². The average molecular weight is 318 g/mol. The number of halogens is 1. The lowest BCUT2D eigenvalue weighted by Crippen LogP contribution is -2.28. The van der Waals surface area contributed by atoms with E-state index in [0.717, 1.165) is 6.20 Å². The maximum atomic E-state index is 13.0. The van der Waals surface area contributed by atoms with E-state index in [4.69, 9.17) is 4.74 Å². The second kappa shape index (κ2) is 8.24. The van der Waals surface area contributed by atoms with Crippen molar-refractivity contribution in [2.75, 3.05) is 13.7 Å². The van der Waals surface area contributed by atoms with Crippen LogP contribution >= 0.6 is 0 Å². The van der Waals surface area contributed by atoms with Gasteiger partial charge in [-0.3, -0.25) is 9.78 Å². The number of aliphatic hydroxyl groups is 1. The number of methoxy groups -OCH3 is 1. The van der Waals surface area contributed by atoms with Crippen LogP contribution in [0.2, 0.25) is 0 Å². The maximum absolute atomic E-state index is 13.0. The molecule has 0 aliphatic carbocycles. The smallest absolute Gasteiger partial charge is 0.220 e. The van der Waals surface area contributed by atoms with Crippen LogP contribution < -0.4 is 10.1 Å². The third-order valence-electron chi connectivity index (χ3n) is 3.37. The second-order valence-electron chi connectivity index (χ2n) is 5.11. The summed E-state index contributed by atoms with van der Waals surface area (Å²) in [6, 6.07) is 8.39. The van der Waals surface area contributed by atoms with Gasteiger partial charge in [-0.2, -0.15) is 0 Å². The van der Waals surface area contributed by atoms with Gasteiger partial charge in [0.2, 0.25) is 5.91 Å². The van der Waals surface area contributed by atoms with Gasteiger partial charge in [-0.25, -0.2) is 4.39 Å². The first kappa shape index (κ1) is 16.9. The summed E-state index contributed by atoms with van der Waals surface area (Å²) < 4.78 is 18.1. The standard InChI is InChI=1S/C17H19FN2O3/c1-23-15-4-2-3-13(8-15)16(21)11-20-17(22)6-5-12-7-14(18)10-19-9-12/h2-4,7-10,16,21H,5-6,11H2,1H3,(H,20,22). The van der Waals surface area contributed by atoms with Gasteiger partial charge in [0.25, 0.3) is 0 Å². The van der Waals surface area contributed by atoms with Crippen LogP contribution in [0.1, 0.15) is 23.7 Å². The number of carbonyl (C=O) groups is 1. The van der Waals surface area contributed by atoms with Crippen LogP contribution in [0.3, 0.4) is 0 Å². The molecule has 0 radical (unpaired) electrons. The largest absolute Gasteiger partial charge is 0.497 e. The fourth-order valence-electron chi connectivity index (χ4n) is 2.12. The van der Waals surface area contributed by atoms with Gasteiger partial charge in [-0.05, 0) is 35.7 Å². The van der Waals surface area contributed by atoms with E-state index >= 15 is 0 Å². The third kappa shape index (κ3) is 5.34. The number of aryl methyl sites for hydroxylation is 1. The topological polar surface area (TPSA) is 71.5 Å². The number of hydrogen-bond donors (Lipinski definition) is 2. The molecule has 1 atom stereocenters. The molecular weight excluding hydrogens is 299 g/mol. The Bertz CT molecular complexity index is 664. The van der Waals surface area contributed by atoms with E-state index < -0.39 is 11.9 Å². The Labute approximate surface area is 134 Å². The summed E-state index contributed by atoms with van der Waals surface area (Å²) in [6.45, 7) is 0.105. The third-order valence-corrected chi connectivity index (χ3v) is 3.37. The summed E-state index contributed by atoms with van der Waals surface area (Å²) in [5.41, 5.74) is 1.33. The number of rotatable bonds is 7. The lowest BCUT2D eigenvalue weighted by molar-refractivity contribution is -0.121. The highest BCUT2D eigenvalue weighted by Crippen LogP contribution is 2.18. The van der Waals surface area contributed by atoms with Gasteiger partial charge in [0, 0.05) is 19.2 Å². The summed E-state index contributed by atoms with van der Waals surface area (Å²) in [5, 5.41) is 12.7. The van der Waals surface area contributed by atoms with Gasteiger partial charge < -0.3 is 15.2 Å². The lowest BCUT2D eigenvalue weighted by Gasteiger charge is -2.13. The Morgan fingerprint density at radius 3 is 2.96 bits per heavy atom. The monoisotopic (exact) mass is 318 g/mol. The molecule has 1 amide bonds. The number of aliphatic hydroxyl groups excluding tert-OH is 1. The number of nitrogens with zero attached hydrogens (tertiary/aromatic N) is 1. The minimum Gasteiger partial charge on any atom is -0.497 e. The molecule has 2 rings (SSSR count). The molecule has 0 spiro atoms. The Kier molecular flexibility index (Phi) is 6.05. The average Bonchev–Trinajstić information content (AvgIpc) is 2.58. The van der Waals surface area contributed by atoms with Crippen LogP contribution in [0.15, 0.2) is 42.7 Å². The van der Waals surface area contributed by atoms with Crippen molar-refractivity contribution >= 4 is 5.91 Å². The molecule has 0 saturated carbocycles. The van der Waals surface area contributed by atoms with E-state index in [9.17, 15) is 14.3 Å². The van der Waals surface area contributed by atoms with Crippen LogP contribution in [0.5, 0.6) is 5.75 Å². The molecule has 23 heavy (non-hydrogen) atoms. The van der Waals surface area contributed by atoms with Gasteiger partial charge in [0.1, 0.15) is 11.6 Å². The van der Waals surface area contributed by atoms with E-state index in [0.29, 0.717) is 23.3 Å². The Balaban J connectivity index is 1.79. The van der Waals surface area contributed by atoms with E-state index in [1.165, 1.54) is 12.3 Å². The number of aromatic nitrogens is 1. The molecule has 5 nitrogen and oxygen atoms in total. The first-order chi connectivity index (χ1) is 11.1. The van der Waals surface area contributed by atoms with Gasteiger partial charge in [0.15, 0.2) is 0 Å². The zero-order valence-corrected chi connectivity index (χ0v) is 12.8. The van der Waals surface area contributed by atoms with Crippen molar-refractivity contribution in [1.82, 2.24) is 10.3 Å². The van der Waals surface area contributed by atoms with Crippen molar-refractivity contribution < 1.29 is 19.0 Å². The molecule has 2 aromatic rings. The number of ether oxygens (including phenoxy) is 1. The highest BCUT2D eigenvalue weighted by atomic mass is 19.1. The fraction of sp³-hybridized carbons (Fsp3) is 0.294. The Morgan fingerprint density at radius 2 is 2.22 bits per heavy atom. The molecule has 6 heteroatoms. The van der Waals surface area contributed by atoms with Crippen molar-refractivity contribution in [3.05, 3.63) is 59.7 Å². The fourth-order valence-corrected chi connectivity index (χ4v) is 2.12. The highest BCUT2D eigenvalue weighted by Gasteiger charge is 2.10. The summed E-state index contributed by atoms with van der Waals surface area (Å²) in [6.07, 6.45) is 2.43. The van der Waals surface area contributed by atoms with Crippen LogP contribution in [0.25, 0.3) is 0 Å². The van der Waals surface area contributed by atoms with Gasteiger partial charge in [-0.15, -0.1) is 0 Å². The quantitative estimate of drug-likeness (QED) is 0.819. The lowest BCUT2D eigenvalue weighted by atomic mass is 10.1. The Morgan fingerprint density at radius 1 is 1.39 bits per heavy atom. The van der Waals surface area contributed by atoms with Crippen LogP contribution in [0.4, 0.5) is 4.39 Å². The highest BCUT2D eigenvalue weighted by molar-refractivity contribution is 5.76. The Hall–Kier alpha value is -2.47. The molecule has 1 unspecified atom stereocenters. The molecule has 1 heterocycles. The summed E-state index contributed by atoms with van der Waals surface area (Å²) in [7, 11) is 1.55. The first-order valence-electron chi connectivity index (χ1n) is 7.26. The molecule has 122 valence electrons. The second-order valence-corrected chi connectivity index (χ2v) is 5.11. The molecule has 0 bridgehead atoms. The van der Waals surface area contributed by atoms with E-state index in [2.05, 4.69) is 10.3 Å². The molecular formula is C17H19FN2O3. The zero-order valence-electron chi connectivity index (χ0n) is 12.8. The summed E-state index contributed by atoms with van der Waals surface area (Å²) in [4.78, 5) is 15.5. The normalized spacial score (nSPS) is 11.8. The van der Waals surface area contributed by atoms with E-state index in [-0.39, 0.29) is 18.9 Å². The summed E-state index contributed by atoms with van der Waals surface area (Å²) >= 11 is 0. The molecule has 0 aliphatic rings. The number of benzene rings is 1. The molecule has 0 fully saturated rings. The zero-order chi connectivity index (χ0) is 16.7. The van der Waals surface area contributed by atoms with Crippen molar-refractivity contribution in [3.63, 3.8) is 0 Å². The van der Waals surface area contributed by atoms with Crippen LogP contribution in [-0.4, -0.2) is 29.7 Å². The molecule has 2 N–H and O–H groups in total. The van der Waals surface area contributed by atoms with Crippen molar-refractivity contribution in [2.24, 2.45) is 0 Å². The van der Waals surface area contributed by atoms with Crippen molar-refractivity contribution in [1.29, 1.82) is 0 Å². The van der Waals surface area contributed by atoms with Gasteiger partial charge >= 0.3 is 0 Å². The number of amides is 1. The number of nitrogens with one attached hydrogen (secondary N) is 1. The predicted molar refractivity (Wildman–Crippen MR) is 83.5 cm³/mol. The minimum atomic E-state index is -0.815. The number of hydrogen-bond acceptors (Lipinski definition) is 4. The van der Waals surface area contributed by atoms with E-state index in [1.54, 1.807) is 31.4 Å². The number of carbonyl (C=O) groups excluding carboxylic acids is 1.